The van der Waals surface area contributed by atoms with Gasteiger partial charge in [0.2, 0.25) is 5.91 Å². The first-order chi connectivity index (χ1) is 13.2. The molecular formula is C18H19ClN2O5S2. The van der Waals surface area contributed by atoms with Crippen LogP contribution in [0.5, 0.6) is 0 Å². The van der Waals surface area contributed by atoms with Gasteiger partial charge >= 0.3 is 0 Å². The van der Waals surface area contributed by atoms with Crippen LogP contribution < -0.4 is 0 Å². The lowest BCUT2D eigenvalue weighted by Gasteiger charge is -2.24. The zero-order valence-corrected chi connectivity index (χ0v) is 17.5. The Hall–Kier alpha value is -1.84. The zero-order valence-electron chi connectivity index (χ0n) is 15.1. The van der Waals surface area contributed by atoms with Gasteiger partial charge in [-0.1, -0.05) is 29.8 Å². The van der Waals surface area contributed by atoms with E-state index in [1.165, 1.54) is 4.90 Å². The standard InChI is InChI=1S/C18H19ClN2O5S2/c1-20(13-7-9-28(25,26)11-13)16(22)6-8-21-17(23)15(27-18(21)24)10-12-4-2-3-5-14(12)19/h2-5,10,13H,6-9,11H2,1H3/b15-10-/t13-/m1/s1. The van der Waals surface area contributed by atoms with Crippen molar-refractivity contribution in [3.05, 3.63) is 39.8 Å². The summed E-state index contributed by atoms with van der Waals surface area (Å²) in [5.74, 6) is -0.729. The average molecular weight is 443 g/mol. The quantitative estimate of drug-likeness (QED) is 0.650. The number of hydrogen-bond donors (Lipinski definition) is 0. The van der Waals surface area contributed by atoms with E-state index in [9.17, 15) is 22.8 Å². The number of carbonyl (C=O) groups excluding carboxylic acids is 3. The van der Waals surface area contributed by atoms with Crippen LogP contribution in [0.3, 0.4) is 0 Å². The highest BCUT2D eigenvalue weighted by Gasteiger charge is 2.36. The summed E-state index contributed by atoms with van der Waals surface area (Å²) in [6, 6.07) is 6.62. The number of thioether (sulfide) groups is 1. The summed E-state index contributed by atoms with van der Waals surface area (Å²) in [6.07, 6.45) is 1.92. The Morgan fingerprint density at radius 3 is 2.71 bits per heavy atom. The van der Waals surface area contributed by atoms with Gasteiger partial charge in [0.1, 0.15) is 0 Å². The number of halogens is 1. The molecule has 10 heteroatoms. The summed E-state index contributed by atoms with van der Waals surface area (Å²) in [4.78, 5) is 39.8. The van der Waals surface area contributed by atoms with E-state index in [0.717, 1.165) is 16.7 Å². The minimum Gasteiger partial charge on any atom is -0.342 e. The highest BCUT2D eigenvalue weighted by Crippen LogP contribution is 2.33. The molecule has 2 aliphatic heterocycles. The van der Waals surface area contributed by atoms with Crippen molar-refractivity contribution in [2.45, 2.75) is 18.9 Å². The number of nitrogens with zero attached hydrogens (tertiary/aromatic N) is 2. The Kier molecular flexibility index (Phi) is 6.16. The second-order valence-corrected chi connectivity index (χ2v) is 10.3. The second kappa shape index (κ2) is 8.26. The van der Waals surface area contributed by atoms with Crippen molar-refractivity contribution in [2.24, 2.45) is 0 Å². The summed E-state index contributed by atoms with van der Waals surface area (Å²) in [7, 11) is -1.54. The fourth-order valence-electron chi connectivity index (χ4n) is 3.09. The smallest absolute Gasteiger partial charge is 0.293 e. The third-order valence-corrected chi connectivity index (χ3v) is 7.77. The van der Waals surface area contributed by atoms with Gasteiger partial charge in [-0.25, -0.2) is 8.42 Å². The third-order valence-electron chi connectivity index (χ3n) is 4.76. The summed E-state index contributed by atoms with van der Waals surface area (Å²) in [6.45, 7) is -0.0484. The number of carbonyl (C=O) groups is 3. The van der Waals surface area contributed by atoms with Gasteiger partial charge in [0, 0.05) is 31.1 Å². The van der Waals surface area contributed by atoms with Crippen molar-refractivity contribution in [2.75, 3.05) is 25.1 Å². The Morgan fingerprint density at radius 2 is 2.07 bits per heavy atom. The molecular weight excluding hydrogens is 424 g/mol. The maximum Gasteiger partial charge on any atom is 0.293 e. The lowest BCUT2D eigenvalue weighted by Crippen LogP contribution is -2.40. The zero-order chi connectivity index (χ0) is 20.5. The Balaban J connectivity index is 1.62. The summed E-state index contributed by atoms with van der Waals surface area (Å²) in [5.41, 5.74) is 0.632. The molecule has 2 aliphatic rings. The molecule has 3 amide bonds. The van der Waals surface area contributed by atoms with E-state index < -0.39 is 21.0 Å². The van der Waals surface area contributed by atoms with E-state index >= 15 is 0 Å². The number of rotatable bonds is 5. The largest absolute Gasteiger partial charge is 0.342 e. The molecule has 0 saturated carbocycles. The molecule has 0 aliphatic carbocycles. The third kappa shape index (κ3) is 4.59. The van der Waals surface area contributed by atoms with Crippen molar-refractivity contribution in [3.63, 3.8) is 0 Å². The van der Waals surface area contributed by atoms with Crippen LogP contribution >= 0.6 is 23.4 Å². The molecule has 0 radical (unpaired) electrons. The lowest BCUT2D eigenvalue weighted by molar-refractivity contribution is -0.132. The maximum absolute atomic E-state index is 12.5. The van der Waals surface area contributed by atoms with Crippen LogP contribution in [-0.2, 0) is 19.4 Å². The van der Waals surface area contributed by atoms with Gasteiger partial charge in [0.05, 0.1) is 16.4 Å². The SMILES string of the molecule is CN(C(=O)CCN1C(=O)S/C(=C\c2ccccc2Cl)C1=O)[C@@H]1CCS(=O)(=O)C1. The molecule has 2 heterocycles. The first kappa shape index (κ1) is 20.9. The Bertz CT molecular complexity index is 960. The molecule has 1 aromatic rings. The van der Waals surface area contributed by atoms with Crippen LogP contribution in [0.2, 0.25) is 5.02 Å². The molecule has 0 bridgehead atoms. The molecule has 1 aromatic carbocycles. The van der Waals surface area contributed by atoms with Gasteiger partial charge in [0.15, 0.2) is 9.84 Å². The lowest BCUT2D eigenvalue weighted by atomic mass is 10.2. The van der Waals surface area contributed by atoms with Crippen LogP contribution in [-0.4, -0.2) is 66.4 Å². The highest BCUT2D eigenvalue weighted by atomic mass is 35.5. The summed E-state index contributed by atoms with van der Waals surface area (Å²) in [5, 5.41) is 0.0276. The minimum atomic E-state index is -3.10. The minimum absolute atomic E-state index is 0.0443. The molecule has 0 unspecified atom stereocenters. The Morgan fingerprint density at radius 1 is 1.36 bits per heavy atom. The monoisotopic (exact) mass is 442 g/mol. The normalized spacial score (nSPS) is 22.9. The van der Waals surface area contributed by atoms with Crippen LogP contribution in [0.1, 0.15) is 18.4 Å². The van der Waals surface area contributed by atoms with Crippen molar-refractivity contribution in [3.8, 4) is 0 Å². The van der Waals surface area contributed by atoms with E-state index in [1.54, 1.807) is 37.4 Å². The molecule has 28 heavy (non-hydrogen) atoms. The van der Waals surface area contributed by atoms with E-state index in [4.69, 9.17) is 11.6 Å². The highest BCUT2D eigenvalue weighted by molar-refractivity contribution is 8.18. The molecule has 3 rings (SSSR count). The number of imide groups is 1. The first-order valence-corrected chi connectivity index (χ1v) is 11.7. The number of benzene rings is 1. The molecule has 150 valence electrons. The van der Waals surface area contributed by atoms with E-state index in [1.807, 2.05) is 0 Å². The molecule has 2 fully saturated rings. The van der Waals surface area contributed by atoms with Crippen LogP contribution in [0.15, 0.2) is 29.2 Å². The fourth-order valence-corrected chi connectivity index (χ4v) is 5.92. The molecule has 2 saturated heterocycles. The van der Waals surface area contributed by atoms with Crippen LogP contribution in [0, 0.1) is 0 Å². The van der Waals surface area contributed by atoms with Gasteiger partial charge in [-0.05, 0) is 35.9 Å². The van der Waals surface area contributed by atoms with Gasteiger partial charge < -0.3 is 4.90 Å². The summed E-state index contributed by atoms with van der Waals surface area (Å²) >= 11 is 6.89. The van der Waals surface area contributed by atoms with Crippen molar-refractivity contribution < 1.29 is 22.8 Å². The Labute approximate surface area is 172 Å². The topological polar surface area (TPSA) is 91.8 Å². The van der Waals surface area contributed by atoms with Crippen LogP contribution in [0.4, 0.5) is 4.79 Å². The van der Waals surface area contributed by atoms with E-state index in [0.29, 0.717) is 17.0 Å². The van der Waals surface area contributed by atoms with Crippen molar-refractivity contribution >= 4 is 56.3 Å². The van der Waals surface area contributed by atoms with Crippen molar-refractivity contribution in [1.29, 1.82) is 0 Å². The predicted octanol–water partition coefficient (Wildman–Crippen LogP) is 2.41. The van der Waals surface area contributed by atoms with Gasteiger partial charge in [-0.3, -0.25) is 19.3 Å². The molecule has 1 atom stereocenters. The number of sulfone groups is 1. The fraction of sp³-hybridized carbons (Fsp3) is 0.389. The van der Waals surface area contributed by atoms with E-state index in [-0.39, 0.29) is 41.3 Å². The maximum atomic E-state index is 12.5. The predicted molar refractivity (Wildman–Crippen MR) is 109 cm³/mol. The van der Waals surface area contributed by atoms with Gasteiger partial charge in [-0.15, -0.1) is 0 Å². The second-order valence-electron chi connectivity index (χ2n) is 6.67. The summed E-state index contributed by atoms with van der Waals surface area (Å²) < 4.78 is 23.2. The first-order valence-electron chi connectivity index (χ1n) is 8.64. The number of amides is 3. The molecule has 0 spiro atoms. The van der Waals surface area contributed by atoms with Crippen LogP contribution in [0.25, 0.3) is 6.08 Å². The average Bonchev–Trinajstić information content (AvgIpc) is 3.13. The number of hydrogen-bond acceptors (Lipinski definition) is 6. The van der Waals surface area contributed by atoms with Gasteiger partial charge in [-0.2, -0.15) is 0 Å². The molecule has 0 aromatic heterocycles. The van der Waals surface area contributed by atoms with Crippen molar-refractivity contribution in [1.82, 2.24) is 9.80 Å². The molecule has 7 nitrogen and oxygen atoms in total. The molecule has 0 N–H and O–H groups in total. The van der Waals surface area contributed by atoms with Gasteiger partial charge in [0.25, 0.3) is 11.1 Å². The van der Waals surface area contributed by atoms with E-state index in [2.05, 4.69) is 0 Å².